The standard InChI is InChI=1S/C6H9N3O3/c7-4(2-10)6(12)9-1-5(11)8-3-9/h3-4,10H,1-2,7H2. The number of rotatable bonds is 2. The molecule has 0 bridgehead atoms. The second-order valence-corrected chi connectivity index (χ2v) is 2.39. The van der Waals surface area contributed by atoms with Crippen LogP contribution in [0.4, 0.5) is 0 Å². The van der Waals surface area contributed by atoms with E-state index in [-0.39, 0.29) is 12.5 Å². The van der Waals surface area contributed by atoms with E-state index in [1.807, 2.05) is 0 Å². The third-order valence-electron chi connectivity index (χ3n) is 1.44. The molecule has 12 heavy (non-hydrogen) atoms. The minimum absolute atomic E-state index is 0.0769. The zero-order chi connectivity index (χ0) is 9.14. The van der Waals surface area contributed by atoms with Gasteiger partial charge in [0.15, 0.2) is 0 Å². The third-order valence-corrected chi connectivity index (χ3v) is 1.44. The number of amides is 2. The van der Waals surface area contributed by atoms with Gasteiger partial charge in [-0.3, -0.25) is 14.5 Å². The van der Waals surface area contributed by atoms with E-state index in [0.717, 1.165) is 11.2 Å². The van der Waals surface area contributed by atoms with Crippen molar-refractivity contribution in [3.8, 4) is 0 Å². The molecular formula is C6H9N3O3. The van der Waals surface area contributed by atoms with Gasteiger partial charge >= 0.3 is 0 Å². The summed E-state index contributed by atoms with van der Waals surface area (Å²) in [7, 11) is 0. The normalized spacial score (nSPS) is 18.5. The molecule has 0 saturated carbocycles. The topological polar surface area (TPSA) is 96.0 Å². The summed E-state index contributed by atoms with van der Waals surface area (Å²) in [4.78, 5) is 26.1. The first kappa shape index (κ1) is 8.82. The van der Waals surface area contributed by atoms with Crippen molar-refractivity contribution in [2.24, 2.45) is 10.7 Å². The fourth-order valence-electron chi connectivity index (χ4n) is 0.787. The maximum Gasteiger partial charge on any atom is 0.267 e. The Kier molecular flexibility index (Phi) is 2.51. The molecule has 1 aliphatic rings. The summed E-state index contributed by atoms with van der Waals surface area (Å²) in [5.41, 5.74) is 5.23. The molecule has 1 rings (SSSR count). The monoisotopic (exact) mass is 171 g/mol. The second-order valence-electron chi connectivity index (χ2n) is 2.39. The fourth-order valence-corrected chi connectivity index (χ4v) is 0.787. The number of aliphatic hydroxyl groups is 1. The van der Waals surface area contributed by atoms with Gasteiger partial charge in [-0.1, -0.05) is 0 Å². The van der Waals surface area contributed by atoms with E-state index in [1.54, 1.807) is 0 Å². The molecule has 0 aromatic heterocycles. The average Bonchev–Trinajstić information content (AvgIpc) is 2.49. The van der Waals surface area contributed by atoms with Crippen molar-refractivity contribution >= 4 is 18.2 Å². The summed E-state index contributed by atoms with van der Waals surface area (Å²) in [5, 5.41) is 8.53. The highest BCUT2D eigenvalue weighted by atomic mass is 16.3. The molecule has 0 fully saturated rings. The number of carbonyl (C=O) groups excluding carboxylic acids is 2. The van der Waals surface area contributed by atoms with Crippen LogP contribution in [0.3, 0.4) is 0 Å². The van der Waals surface area contributed by atoms with Crippen LogP contribution in [0, 0.1) is 0 Å². The highest BCUT2D eigenvalue weighted by Crippen LogP contribution is 1.97. The minimum atomic E-state index is -0.970. The van der Waals surface area contributed by atoms with Gasteiger partial charge in [0.25, 0.3) is 5.91 Å². The Hall–Kier alpha value is -1.27. The minimum Gasteiger partial charge on any atom is -0.394 e. The highest BCUT2D eigenvalue weighted by molar-refractivity contribution is 6.02. The molecule has 6 nitrogen and oxygen atoms in total. The zero-order valence-corrected chi connectivity index (χ0v) is 6.30. The summed E-state index contributed by atoms with van der Waals surface area (Å²) in [6, 6.07) is -0.970. The number of hydrogen-bond donors (Lipinski definition) is 2. The number of aliphatic hydroxyl groups excluding tert-OH is 1. The Morgan fingerprint density at radius 3 is 3.00 bits per heavy atom. The molecule has 0 radical (unpaired) electrons. The highest BCUT2D eigenvalue weighted by Gasteiger charge is 2.24. The molecule has 0 aromatic rings. The summed E-state index contributed by atoms with van der Waals surface area (Å²) < 4.78 is 0. The largest absolute Gasteiger partial charge is 0.394 e. The molecule has 6 heteroatoms. The van der Waals surface area contributed by atoms with Gasteiger partial charge in [-0.15, -0.1) is 0 Å². The molecule has 1 atom stereocenters. The Labute approximate surface area is 68.7 Å². The van der Waals surface area contributed by atoms with Crippen LogP contribution in [0.1, 0.15) is 0 Å². The first-order valence-corrected chi connectivity index (χ1v) is 3.39. The summed E-state index contributed by atoms with van der Waals surface area (Å²) in [6.45, 7) is -0.510. The number of nitrogens with two attached hydrogens (primary N) is 1. The van der Waals surface area contributed by atoms with Crippen LogP contribution in [-0.2, 0) is 9.59 Å². The van der Waals surface area contributed by atoms with Crippen LogP contribution in [-0.4, -0.2) is 47.4 Å². The van der Waals surface area contributed by atoms with E-state index in [1.165, 1.54) is 0 Å². The Bertz CT molecular complexity index is 238. The van der Waals surface area contributed by atoms with Crippen molar-refractivity contribution in [1.29, 1.82) is 0 Å². The van der Waals surface area contributed by atoms with Crippen molar-refractivity contribution in [3.63, 3.8) is 0 Å². The van der Waals surface area contributed by atoms with Gasteiger partial charge in [-0.05, 0) is 0 Å². The lowest BCUT2D eigenvalue weighted by atomic mass is 10.3. The van der Waals surface area contributed by atoms with E-state index >= 15 is 0 Å². The van der Waals surface area contributed by atoms with Gasteiger partial charge < -0.3 is 10.8 Å². The van der Waals surface area contributed by atoms with Gasteiger partial charge in [0.2, 0.25) is 5.91 Å². The van der Waals surface area contributed by atoms with E-state index in [2.05, 4.69) is 4.99 Å². The van der Waals surface area contributed by atoms with Crippen LogP contribution in [0.25, 0.3) is 0 Å². The predicted octanol–water partition coefficient (Wildman–Crippen LogP) is -2.30. The van der Waals surface area contributed by atoms with Crippen LogP contribution in [0.2, 0.25) is 0 Å². The second kappa shape index (κ2) is 3.42. The van der Waals surface area contributed by atoms with Crippen molar-refractivity contribution < 1.29 is 14.7 Å². The van der Waals surface area contributed by atoms with Crippen molar-refractivity contribution in [2.45, 2.75) is 6.04 Å². The van der Waals surface area contributed by atoms with E-state index in [0.29, 0.717) is 0 Å². The lowest BCUT2D eigenvalue weighted by Gasteiger charge is -2.14. The van der Waals surface area contributed by atoms with Crippen LogP contribution < -0.4 is 5.73 Å². The molecule has 1 aliphatic heterocycles. The van der Waals surface area contributed by atoms with Crippen molar-refractivity contribution in [1.82, 2.24) is 4.90 Å². The molecule has 2 amide bonds. The maximum atomic E-state index is 11.1. The number of nitrogens with zero attached hydrogens (tertiary/aromatic N) is 2. The quantitative estimate of drug-likeness (QED) is 0.488. The Morgan fingerprint density at radius 1 is 1.92 bits per heavy atom. The van der Waals surface area contributed by atoms with Crippen molar-refractivity contribution in [2.75, 3.05) is 13.2 Å². The van der Waals surface area contributed by atoms with Gasteiger partial charge in [0.1, 0.15) is 18.9 Å². The van der Waals surface area contributed by atoms with Crippen LogP contribution >= 0.6 is 0 Å². The molecule has 66 valence electrons. The van der Waals surface area contributed by atoms with Crippen LogP contribution in [0.5, 0.6) is 0 Å². The molecule has 0 spiro atoms. The lowest BCUT2D eigenvalue weighted by molar-refractivity contribution is -0.131. The Balaban J connectivity index is 2.55. The summed E-state index contributed by atoms with van der Waals surface area (Å²) in [6.07, 6.45) is 1.13. The SMILES string of the molecule is NC(CO)C(=O)N1C=NC(=O)C1. The smallest absolute Gasteiger partial charge is 0.267 e. The van der Waals surface area contributed by atoms with E-state index < -0.39 is 18.6 Å². The molecule has 0 aliphatic carbocycles. The van der Waals surface area contributed by atoms with Gasteiger partial charge in [0.05, 0.1) is 6.61 Å². The Morgan fingerprint density at radius 2 is 2.58 bits per heavy atom. The number of aliphatic imine (C=N–C) groups is 1. The first-order valence-electron chi connectivity index (χ1n) is 3.39. The number of carbonyl (C=O) groups is 2. The van der Waals surface area contributed by atoms with Crippen LogP contribution in [0.15, 0.2) is 4.99 Å². The van der Waals surface area contributed by atoms with E-state index in [9.17, 15) is 9.59 Å². The lowest BCUT2D eigenvalue weighted by Crippen LogP contribution is -2.44. The molecular weight excluding hydrogens is 162 g/mol. The number of hydrogen-bond acceptors (Lipinski definition) is 4. The molecule has 3 N–H and O–H groups in total. The average molecular weight is 171 g/mol. The van der Waals surface area contributed by atoms with Gasteiger partial charge in [-0.2, -0.15) is 0 Å². The molecule has 0 aromatic carbocycles. The molecule has 0 saturated heterocycles. The molecule has 1 heterocycles. The van der Waals surface area contributed by atoms with Gasteiger partial charge in [0, 0.05) is 0 Å². The first-order chi connectivity index (χ1) is 5.65. The maximum absolute atomic E-state index is 11.1. The summed E-state index contributed by atoms with van der Waals surface area (Å²) in [5.74, 6) is -0.874. The third kappa shape index (κ3) is 1.66. The molecule has 1 unspecified atom stereocenters. The van der Waals surface area contributed by atoms with Crippen molar-refractivity contribution in [3.05, 3.63) is 0 Å². The van der Waals surface area contributed by atoms with Gasteiger partial charge in [-0.25, -0.2) is 4.99 Å². The zero-order valence-electron chi connectivity index (χ0n) is 6.30. The predicted molar refractivity (Wildman–Crippen MR) is 40.3 cm³/mol. The summed E-state index contributed by atoms with van der Waals surface area (Å²) >= 11 is 0. The fraction of sp³-hybridized carbons (Fsp3) is 0.500. The van der Waals surface area contributed by atoms with E-state index in [4.69, 9.17) is 10.8 Å².